The number of hydrogen-bond donors (Lipinski definition) is 2. The van der Waals surface area contributed by atoms with E-state index in [1.54, 1.807) is 11.3 Å². The molecule has 1 aromatic rings. The number of thiazole rings is 1. The van der Waals surface area contributed by atoms with Gasteiger partial charge in [0, 0.05) is 42.2 Å². The van der Waals surface area contributed by atoms with Crippen LogP contribution < -0.4 is 10.6 Å². The summed E-state index contributed by atoms with van der Waals surface area (Å²) in [5.74, 6) is 3.27. The van der Waals surface area contributed by atoms with Gasteiger partial charge in [-0.15, -0.1) is 11.3 Å². The average Bonchev–Trinajstić information content (AvgIpc) is 3.18. The monoisotopic (exact) mass is 358 g/mol. The first-order chi connectivity index (χ1) is 10.8. The summed E-state index contributed by atoms with van der Waals surface area (Å²) in [7, 11) is 1.85. The summed E-state index contributed by atoms with van der Waals surface area (Å²) >= 11 is 5.63. The highest BCUT2D eigenvalue weighted by molar-refractivity contribution is 8.01. The molecule has 0 spiro atoms. The van der Waals surface area contributed by atoms with Gasteiger partial charge in [-0.1, -0.05) is 18.7 Å². The maximum Gasteiger partial charge on any atom is 0.191 e. The van der Waals surface area contributed by atoms with Crippen LogP contribution in [-0.2, 0) is 0 Å². The number of hydrogen-bond acceptors (Lipinski definition) is 5. The molecule has 4 nitrogen and oxygen atoms in total. The molecule has 1 heterocycles. The first-order valence-electron chi connectivity index (χ1n) is 7.93. The SMILES string of the molecule is CCSC1CCC(NC(=NC)NCCCSc2nccs2)C1. The number of rotatable bonds is 8. The van der Waals surface area contributed by atoms with Gasteiger partial charge in [-0.05, 0) is 31.4 Å². The lowest BCUT2D eigenvalue weighted by Crippen LogP contribution is -2.43. The first kappa shape index (κ1) is 17.9. The quantitative estimate of drug-likeness (QED) is 0.322. The van der Waals surface area contributed by atoms with Crippen molar-refractivity contribution in [3.63, 3.8) is 0 Å². The number of nitrogens with zero attached hydrogens (tertiary/aromatic N) is 2. The molecule has 0 radical (unpaired) electrons. The topological polar surface area (TPSA) is 49.3 Å². The first-order valence-corrected chi connectivity index (χ1v) is 10.8. The Hall–Kier alpha value is -0.400. The Morgan fingerprint density at radius 2 is 2.41 bits per heavy atom. The lowest BCUT2D eigenvalue weighted by atomic mass is 10.2. The number of aliphatic imine (C=N–C) groups is 1. The minimum Gasteiger partial charge on any atom is -0.356 e. The van der Waals surface area contributed by atoms with Crippen molar-refractivity contribution in [2.45, 2.75) is 48.2 Å². The van der Waals surface area contributed by atoms with Crippen molar-refractivity contribution in [1.82, 2.24) is 15.6 Å². The highest BCUT2D eigenvalue weighted by Gasteiger charge is 2.24. The Labute approximate surface area is 146 Å². The van der Waals surface area contributed by atoms with E-state index in [9.17, 15) is 0 Å². The van der Waals surface area contributed by atoms with Crippen molar-refractivity contribution in [2.75, 3.05) is 25.1 Å². The second-order valence-electron chi connectivity index (χ2n) is 5.23. The molecule has 0 bridgehead atoms. The van der Waals surface area contributed by atoms with E-state index in [0.717, 1.165) is 34.3 Å². The van der Waals surface area contributed by atoms with Crippen molar-refractivity contribution in [1.29, 1.82) is 0 Å². The Balaban J connectivity index is 1.57. The van der Waals surface area contributed by atoms with Gasteiger partial charge < -0.3 is 10.6 Å². The molecule has 124 valence electrons. The summed E-state index contributed by atoms with van der Waals surface area (Å²) in [6, 6.07) is 0.583. The molecule has 2 N–H and O–H groups in total. The van der Waals surface area contributed by atoms with E-state index in [-0.39, 0.29) is 0 Å². The number of guanidine groups is 1. The van der Waals surface area contributed by atoms with Crippen LogP contribution in [-0.4, -0.2) is 47.3 Å². The molecule has 0 amide bonds. The Kier molecular flexibility index (Phi) is 8.47. The molecule has 2 rings (SSSR count). The van der Waals surface area contributed by atoms with Gasteiger partial charge in [0.2, 0.25) is 0 Å². The minimum absolute atomic E-state index is 0.583. The maximum atomic E-state index is 4.34. The second kappa shape index (κ2) is 10.4. The largest absolute Gasteiger partial charge is 0.356 e. The lowest BCUT2D eigenvalue weighted by Gasteiger charge is -2.17. The number of thioether (sulfide) groups is 2. The van der Waals surface area contributed by atoms with Crippen LogP contribution in [0, 0.1) is 0 Å². The summed E-state index contributed by atoms with van der Waals surface area (Å²) < 4.78 is 1.16. The van der Waals surface area contributed by atoms with E-state index >= 15 is 0 Å². The van der Waals surface area contributed by atoms with Gasteiger partial charge in [-0.3, -0.25) is 4.99 Å². The summed E-state index contributed by atoms with van der Waals surface area (Å²) in [4.78, 5) is 8.62. The molecule has 22 heavy (non-hydrogen) atoms. The van der Waals surface area contributed by atoms with Gasteiger partial charge in [-0.25, -0.2) is 4.98 Å². The zero-order valence-electron chi connectivity index (χ0n) is 13.4. The van der Waals surface area contributed by atoms with Crippen molar-refractivity contribution >= 4 is 40.8 Å². The van der Waals surface area contributed by atoms with Gasteiger partial charge in [0.1, 0.15) is 4.34 Å². The van der Waals surface area contributed by atoms with Crippen LogP contribution in [0.5, 0.6) is 0 Å². The third kappa shape index (κ3) is 6.38. The predicted octanol–water partition coefficient (Wildman–Crippen LogP) is 3.46. The van der Waals surface area contributed by atoms with Crippen LogP contribution in [0.1, 0.15) is 32.6 Å². The van der Waals surface area contributed by atoms with Crippen molar-refractivity contribution in [2.24, 2.45) is 4.99 Å². The highest BCUT2D eigenvalue weighted by Crippen LogP contribution is 2.29. The molecule has 7 heteroatoms. The van der Waals surface area contributed by atoms with Gasteiger partial charge in [-0.2, -0.15) is 11.8 Å². The smallest absolute Gasteiger partial charge is 0.191 e. The van der Waals surface area contributed by atoms with Crippen LogP contribution in [0.15, 0.2) is 20.9 Å². The average molecular weight is 359 g/mol. The molecule has 1 fully saturated rings. The highest BCUT2D eigenvalue weighted by atomic mass is 32.2. The van der Waals surface area contributed by atoms with E-state index in [2.05, 4.69) is 39.3 Å². The van der Waals surface area contributed by atoms with Crippen LogP contribution in [0.4, 0.5) is 0 Å². The third-order valence-corrected chi connectivity index (χ3v) is 6.89. The number of aromatic nitrogens is 1. The maximum absolute atomic E-state index is 4.34. The van der Waals surface area contributed by atoms with Crippen LogP contribution in [0.3, 0.4) is 0 Å². The Morgan fingerprint density at radius 1 is 1.50 bits per heavy atom. The van der Waals surface area contributed by atoms with Gasteiger partial charge in [0.25, 0.3) is 0 Å². The van der Waals surface area contributed by atoms with Crippen molar-refractivity contribution in [3.8, 4) is 0 Å². The van der Waals surface area contributed by atoms with E-state index in [4.69, 9.17) is 0 Å². The molecule has 1 aliphatic carbocycles. The molecule has 2 unspecified atom stereocenters. The molecule has 0 aromatic carbocycles. The Bertz CT molecular complexity index is 436. The fourth-order valence-corrected chi connectivity index (χ4v) is 5.36. The molecule has 1 aromatic heterocycles. The fraction of sp³-hybridized carbons (Fsp3) is 0.733. The summed E-state index contributed by atoms with van der Waals surface area (Å²) in [5.41, 5.74) is 0. The van der Waals surface area contributed by atoms with E-state index in [1.807, 2.05) is 30.4 Å². The predicted molar refractivity (Wildman–Crippen MR) is 102 cm³/mol. The van der Waals surface area contributed by atoms with Crippen LogP contribution >= 0.6 is 34.9 Å². The van der Waals surface area contributed by atoms with E-state index in [1.165, 1.54) is 25.0 Å². The summed E-state index contributed by atoms with van der Waals surface area (Å²) in [5, 5.41) is 9.85. The number of nitrogens with one attached hydrogen (secondary N) is 2. The van der Waals surface area contributed by atoms with Gasteiger partial charge in [0.05, 0.1) is 0 Å². The molecular formula is C15H26N4S3. The van der Waals surface area contributed by atoms with Crippen LogP contribution in [0.25, 0.3) is 0 Å². The van der Waals surface area contributed by atoms with E-state index in [0.29, 0.717) is 6.04 Å². The molecule has 0 saturated heterocycles. The lowest BCUT2D eigenvalue weighted by molar-refractivity contribution is 0.614. The summed E-state index contributed by atoms with van der Waals surface area (Å²) in [6.07, 6.45) is 6.83. The molecule has 1 aliphatic rings. The summed E-state index contributed by atoms with van der Waals surface area (Å²) in [6.45, 7) is 3.20. The molecule has 2 atom stereocenters. The zero-order chi connectivity index (χ0) is 15.6. The molecule has 0 aliphatic heterocycles. The van der Waals surface area contributed by atoms with Gasteiger partial charge >= 0.3 is 0 Å². The van der Waals surface area contributed by atoms with Crippen LogP contribution in [0.2, 0.25) is 0 Å². The van der Waals surface area contributed by atoms with Gasteiger partial charge in [0.15, 0.2) is 5.96 Å². The zero-order valence-corrected chi connectivity index (χ0v) is 15.8. The molecular weight excluding hydrogens is 332 g/mol. The minimum atomic E-state index is 0.583. The fourth-order valence-electron chi connectivity index (χ4n) is 2.57. The normalized spacial score (nSPS) is 22.0. The van der Waals surface area contributed by atoms with Crippen molar-refractivity contribution in [3.05, 3.63) is 11.6 Å². The second-order valence-corrected chi connectivity index (χ2v) is 9.04. The van der Waals surface area contributed by atoms with E-state index < -0.39 is 0 Å². The standard InChI is InChI=1S/C15H26N4S3/c1-3-20-13-6-5-12(11-13)19-14(16-2)17-7-4-9-21-15-18-8-10-22-15/h8,10,12-13H,3-7,9,11H2,1-2H3,(H2,16,17,19). The van der Waals surface area contributed by atoms with Crippen molar-refractivity contribution < 1.29 is 0 Å². The Morgan fingerprint density at radius 3 is 3.14 bits per heavy atom. The third-order valence-electron chi connectivity index (χ3n) is 3.60. The molecule has 1 saturated carbocycles.